The van der Waals surface area contributed by atoms with Crippen LogP contribution in [0.5, 0.6) is 5.75 Å². The maximum absolute atomic E-state index is 13.8. The number of halogens is 1. The highest BCUT2D eigenvalue weighted by Crippen LogP contribution is 2.26. The first-order chi connectivity index (χ1) is 9.17. The van der Waals surface area contributed by atoms with Crippen LogP contribution in [-0.2, 0) is 4.74 Å². The molecule has 0 fully saturated rings. The van der Waals surface area contributed by atoms with Crippen molar-refractivity contribution in [2.24, 2.45) is 0 Å². The standard InChI is InChI=1S/C15H24FNO2/c1-5-7-14(19-6-2)15(17-3)11-8-9-13(18-4)12(16)10-11/h8-10,14-15,17H,5-7H2,1-4H3. The molecule has 4 heteroatoms. The van der Waals surface area contributed by atoms with Gasteiger partial charge in [0.05, 0.1) is 19.3 Å². The van der Waals surface area contributed by atoms with Gasteiger partial charge in [0.2, 0.25) is 0 Å². The van der Waals surface area contributed by atoms with Crippen molar-refractivity contribution >= 4 is 0 Å². The van der Waals surface area contributed by atoms with Gasteiger partial charge in [0.1, 0.15) is 0 Å². The summed E-state index contributed by atoms with van der Waals surface area (Å²) >= 11 is 0. The van der Waals surface area contributed by atoms with Crippen LogP contribution in [0.2, 0.25) is 0 Å². The van der Waals surface area contributed by atoms with Crippen molar-refractivity contribution < 1.29 is 13.9 Å². The molecule has 19 heavy (non-hydrogen) atoms. The Labute approximate surface area is 115 Å². The second kappa shape index (κ2) is 8.12. The summed E-state index contributed by atoms with van der Waals surface area (Å²) in [5.74, 6) is -0.0750. The van der Waals surface area contributed by atoms with E-state index in [0.29, 0.717) is 6.61 Å². The SMILES string of the molecule is CCCC(OCC)C(NC)c1ccc(OC)c(F)c1. The van der Waals surface area contributed by atoms with E-state index in [4.69, 9.17) is 9.47 Å². The summed E-state index contributed by atoms with van der Waals surface area (Å²) in [6, 6.07) is 5.04. The number of likely N-dealkylation sites (N-methyl/N-ethyl adjacent to an activating group) is 1. The smallest absolute Gasteiger partial charge is 0.165 e. The molecule has 108 valence electrons. The molecule has 0 saturated heterocycles. The van der Waals surface area contributed by atoms with Crippen LogP contribution in [0, 0.1) is 5.82 Å². The number of rotatable bonds is 8. The third-order valence-electron chi connectivity index (χ3n) is 3.17. The van der Waals surface area contributed by atoms with Crippen LogP contribution in [-0.4, -0.2) is 26.9 Å². The molecule has 0 saturated carbocycles. The molecule has 2 unspecified atom stereocenters. The lowest BCUT2D eigenvalue weighted by molar-refractivity contribution is 0.0295. The zero-order valence-electron chi connectivity index (χ0n) is 12.2. The van der Waals surface area contributed by atoms with Crippen LogP contribution in [0.15, 0.2) is 18.2 Å². The molecule has 0 heterocycles. The van der Waals surface area contributed by atoms with Gasteiger partial charge in [-0.1, -0.05) is 19.4 Å². The Morgan fingerprint density at radius 1 is 1.32 bits per heavy atom. The van der Waals surface area contributed by atoms with Crippen LogP contribution < -0.4 is 10.1 Å². The van der Waals surface area contributed by atoms with Gasteiger partial charge in [-0.25, -0.2) is 4.39 Å². The first-order valence-corrected chi connectivity index (χ1v) is 6.80. The van der Waals surface area contributed by atoms with Gasteiger partial charge in [0.15, 0.2) is 11.6 Å². The fourth-order valence-corrected chi connectivity index (χ4v) is 2.29. The third-order valence-corrected chi connectivity index (χ3v) is 3.17. The van der Waals surface area contributed by atoms with Crippen molar-refractivity contribution in [3.63, 3.8) is 0 Å². The van der Waals surface area contributed by atoms with E-state index in [2.05, 4.69) is 12.2 Å². The molecule has 2 atom stereocenters. The van der Waals surface area contributed by atoms with E-state index in [1.54, 1.807) is 6.07 Å². The molecule has 1 N–H and O–H groups in total. The molecule has 0 spiro atoms. The second-order valence-electron chi connectivity index (χ2n) is 4.44. The van der Waals surface area contributed by atoms with Crippen molar-refractivity contribution in [2.75, 3.05) is 20.8 Å². The van der Waals surface area contributed by atoms with Crippen LogP contribution >= 0.6 is 0 Å². The van der Waals surface area contributed by atoms with Crippen molar-refractivity contribution in [3.8, 4) is 5.75 Å². The summed E-state index contributed by atoms with van der Waals surface area (Å²) in [6.45, 7) is 4.75. The van der Waals surface area contributed by atoms with Crippen molar-refractivity contribution in [1.82, 2.24) is 5.32 Å². The summed E-state index contributed by atoms with van der Waals surface area (Å²) < 4.78 is 24.5. The number of hydrogen-bond acceptors (Lipinski definition) is 3. The predicted molar refractivity (Wildman–Crippen MR) is 75.1 cm³/mol. The van der Waals surface area contributed by atoms with E-state index >= 15 is 0 Å². The molecule has 0 aliphatic rings. The Kier molecular flexibility index (Phi) is 6.81. The van der Waals surface area contributed by atoms with Gasteiger partial charge in [-0.3, -0.25) is 0 Å². The van der Waals surface area contributed by atoms with E-state index in [9.17, 15) is 4.39 Å². The lowest BCUT2D eigenvalue weighted by Crippen LogP contribution is -2.31. The molecular formula is C15H24FNO2. The summed E-state index contributed by atoms with van der Waals surface area (Å²) in [4.78, 5) is 0. The van der Waals surface area contributed by atoms with E-state index in [-0.39, 0.29) is 23.7 Å². The predicted octanol–water partition coefficient (Wildman–Crippen LogP) is 3.30. The van der Waals surface area contributed by atoms with Crippen LogP contribution in [0.25, 0.3) is 0 Å². The van der Waals surface area contributed by atoms with E-state index in [1.807, 2.05) is 20.0 Å². The van der Waals surface area contributed by atoms with Gasteiger partial charge in [0.25, 0.3) is 0 Å². The van der Waals surface area contributed by atoms with Gasteiger partial charge in [-0.05, 0) is 38.1 Å². The molecule has 0 aromatic heterocycles. The van der Waals surface area contributed by atoms with Gasteiger partial charge in [0, 0.05) is 6.61 Å². The highest BCUT2D eigenvalue weighted by Gasteiger charge is 2.22. The fraction of sp³-hybridized carbons (Fsp3) is 0.600. The zero-order valence-corrected chi connectivity index (χ0v) is 12.2. The minimum Gasteiger partial charge on any atom is -0.494 e. The van der Waals surface area contributed by atoms with Crippen molar-refractivity contribution in [1.29, 1.82) is 0 Å². The normalized spacial score (nSPS) is 14.2. The van der Waals surface area contributed by atoms with Crippen LogP contribution in [0.1, 0.15) is 38.3 Å². The first kappa shape index (κ1) is 15.9. The number of nitrogens with one attached hydrogen (secondary N) is 1. The fourth-order valence-electron chi connectivity index (χ4n) is 2.29. The Morgan fingerprint density at radius 2 is 2.05 bits per heavy atom. The Balaban J connectivity index is 2.96. The van der Waals surface area contributed by atoms with Crippen molar-refractivity contribution in [3.05, 3.63) is 29.6 Å². The first-order valence-electron chi connectivity index (χ1n) is 6.80. The number of hydrogen-bond donors (Lipinski definition) is 1. The van der Waals surface area contributed by atoms with Crippen LogP contribution in [0.4, 0.5) is 4.39 Å². The number of ether oxygens (including phenoxy) is 2. The lowest BCUT2D eigenvalue weighted by atomic mass is 9.98. The van der Waals surface area contributed by atoms with Gasteiger partial charge < -0.3 is 14.8 Å². The van der Waals surface area contributed by atoms with Crippen LogP contribution in [0.3, 0.4) is 0 Å². The van der Waals surface area contributed by atoms with Gasteiger partial charge >= 0.3 is 0 Å². The topological polar surface area (TPSA) is 30.5 Å². The zero-order chi connectivity index (χ0) is 14.3. The summed E-state index contributed by atoms with van der Waals surface area (Å²) in [5.41, 5.74) is 0.882. The molecule has 1 aromatic rings. The molecule has 3 nitrogen and oxygen atoms in total. The Morgan fingerprint density at radius 3 is 2.53 bits per heavy atom. The van der Waals surface area contributed by atoms with Gasteiger partial charge in [-0.2, -0.15) is 0 Å². The molecule has 1 aromatic carbocycles. The molecule has 0 amide bonds. The highest BCUT2D eigenvalue weighted by atomic mass is 19.1. The largest absolute Gasteiger partial charge is 0.494 e. The van der Waals surface area contributed by atoms with E-state index < -0.39 is 0 Å². The van der Waals surface area contributed by atoms with Crippen molar-refractivity contribution in [2.45, 2.75) is 38.8 Å². The monoisotopic (exact) mass is 269 g/mol. The minimum atomic E-state index is -0.341. The molecule has 0 radical (unpaired) electrons. The molecule has 0 bridgehead atoms. The molecular weight excluding hydrogens is 245 g/mol. The average molecular weight is 269 g/mol. The number of benzene rings is 1. The second-order valence-corrected chi connectivity index (χ2v) is 4.44. The third kappa shape index (κ3) is 4.18. The summed E-state index contributed by atoms with van der Waals surface area (Å²) in [6.07, 6.45) is 2.02. The average Bonchev–Trinajstić information content (AvgIpc) is 2.40. The Hall–Kier alpha value is -1.13. The summed E-state index contributed by atoms with van der Waals surface area (Å²) in [5, 5.41) is 3.22. The maximum atomic E-state index is 13.8. The highest BCUT2D eigenvalue weighted by molar-refractivity contribution is 5.31. The van der Waals surface area contributed by atoms with E-state index in [0.717, 1.165) is 18.4 Å². The molecule has 0 aliphatic carbocycles. The van der Waals surface area contributed by atoms with E-state index in [1.165, 1.54) is 13.2 Å². The lowest BCUT2D eigenvalue weighted by Gasteiger charge is -2.27. The minimum absolute atomic E-state index is 0.0136. The summed E-state index contributed by atoms with van der Waals surface area (Å²) in [7, 11) is 3.34. The quantitative estimate of drug-likeness (QED) is 0.785. The number of methoxy groups -OCH3 is 1. The molecule has 1 rings (SSSR count). The van der Waals surface area contributed by atoms with Gasteiger partial charge in [-0.15, -0.1) is 0 Å². The maximum Gasteiger partial charge on any atom is 0.165 e. The Bertz CT molecular complexity index is 378. The molecule has 0 aliphatic heterocycles.